The molecule has 0 aromatic heterocycles. The second-order valence-electron chi connectivity index (χ2n) is 16.0. The fraction of sp³-hybridized carbons (Fsp3) is 0.600. The SMILES string of the molecule is CC(=O)[O-].CC(=O)[O-].CC(C)c1cc(CC(C)(C)C)cc(C=NC2CCCC(N=Cc3cc(CC(C)(C)C)cc(C(C)C)c3O)C2)c1O.[Co+2]. The number of hydrogen-bond acceptors (Lipinski definition) is 8. The van der Waals surface area contributed by atoms with Gasteiger partial charge in [0.15, 0.2) is 0 Å². The van der Waals surface area contributed by atoms with Crippen LogP contribution in [0.3, 0.4) is 0 Å². The third-order valence-electron chi connectivity index (χ3n) is 7.64. The molecule has 2 atom stereocenters. The van der Waals surface area contributed by atoms with E-state index >= 15 is 0 Å². The molecule has 2 N–H and O–H groups in total. The number of carbonyl (C=O) groups excluding carboxylic acids is 2. The minimum atomic E-state index is -1.08. The molecule has 3 rings (SSSR count). The molecule has 0 saturated heterocycles. The average Bonchev–Trinajstić information content (AvgIpc) is 2.91. The molecule has 8 nitrogen and oxygen atoms in total. The van der Waals surface area contributed by atoms with Gasteiger partial charge in [-0.3, -0.25) is 9.98 Å². The molecule has 0 heterocycles. The Morgan fingerprint density at radius 2 is 1.04 bits per heavy atom. The summed E-state index contributed by atoms with van der Waals surface area (Å²) < 4.78 is 0. The van der Waals surface area contributed by atoms with Gasteiger partial charge in [-0.1, -0.05) is 81.4 Å². The van der Waals surface area contributed by atoms with Crippen LogP contribution in [0.2, 0.25) is 0 Å². The van der Waals surface area contributed by atoms with E-state index in [9.17, 15) is 10.2 Å². The van der Waals surface area contributed by atoms with E-state index in [1.54, 1.807) is 0 Å². The van der Waals surface area contributed by atoms with Gasteiger partial charge in [-0.25, -0.2) is 0 Å². The quantitative estimate of drug-likeness (QED) is 0.284. The molecule has 1 fully saturated rings. The zero-order chi connectivity index (χ0) is 37.0. The third-order valence-corrected chi connectivity index (χ3v) is 7.64. The van der Waals surface area contributed by atoms with Crippen molar-refractivity contribution >= 4 is 24.4 Å². The second kappa shape index (κ2) is 20.5. The molecule has 1 aliphatic carbocycles. The van der Waals surface area contributed by atoms with Crippen LogP contribution in [0.15, 0.2) is 34.3 Å². The molecular weight excluding hydrogens is 663 g/mol. The molecular formula is C40H60CoN2O6. The van der Waals surface area contributed by atoms with Crippen LogP contribution in [0.25, 0.3) is 0 Å². The summed E-state index contributed by atoms with van der Waals surface area (Å²) in [5.41, 5.74) is 6.45. The minimum Gasteiger partial charge on any atom is -0.550 e. The molecule has 1 radical (unpaired) electrons. The van der Waals surface area contributed by atoms with Crippen LogP contribution in [0, 0.1) is 10.8 Å². The Kier molecular flexibility index (Phi) is 19.2. The number of aliphatic imine (C=N–C) groups is 2. The van der Waals surface area contributed by atoms with Crippen molar-refractivity contribution in [3.8, 4) is 11.5 Å². The van der Waals surface area contributed by atoms with Crippen LogP contribution >= 0.6 is 0 Å². The Morgan fingerprint density at radius 3 is 1.31 bits per heavy atom. The van der Waals surface area contributed by atoms with Gasteiger partial charge in [0.25, 0.3) is 0 Å². The summed E-state index contributed by atoms with van der Waals surface area (Å²) in [6.45, 7) is 23.9. The Hall–Kier alpha value is -3.17. The molecule has 0 aliphatic heterocycles. The maximum atomic E-state index is 11.0. The molecule has 2 unspecified atom stereocenters. The fourth-order valence-corrected chi connectivity index (χ4v) is 5.78. The number of nitrogens with zero attached hydrogens (tertiary/aromatic N) is 2. The second-order valence-corrected chi connectivity index (χ2v) is 16.0. The number of aliphatic carboxylic acids is 2. The first-order valence-corrected chi connectivity index (χ1v) is 17.1. The number of hydrogen-bond donors (Lipinski definition) is 2. The van der Waals surface area contributed by atoms with Gasteiger partial charge in [-0.2, -0.15) is 0 Å². The van der Waals surface area contributed by atoms with Crippen LogP contribution in [-0.2, 0) is 39.2 Å². The molecule has 0 bridgehead atoms. The Labute approximate surface area is 305 Å². The number of aromatic hydroxyl groups is 2. The first-order valence-electron chi connectivity index (χ1n) is 17.1. The van der Waals surface area contributed by atoms with E-state index in [1.807, 2.05) is 12.4 Å². The molecule has 275 valence electrons. The summed E-state index contributed by atoms with van der Waals surface area (Å²) >= 11 is 0. The number of rotatable bonds is 8. The molecule has 0 spiro atoms. The Balaban J connectivity index is 0.00000230. The van der Waals surface area contributed by atoms with Gasteiger partial charge in [0.2, 0.25) is 0 Å². The molecule has 9 heteroatoms. The van der Waals surface area contributed by atoms with Gasteiger partial charge in [0.1, 0.15) is 11.5 Å². The molecule has 2 aromatic rings. The topological polar surface area (TPSA) is 145 Å². The number of benzene rings is 2. The Bertz CT molecular complexity index is 1300. The smallest absolute Gasteiger partial charge is 0.550 e. The van der Waals surface area contributed by atoms with Gasteiger partial charge in [0.05, 0.1) is 12.1 Å². The van der Waals surface area contributed by atoms with E-state index in [1.165, 1.54) is 11.1 Å². The van der Waals surface area contributed by atoms with E-state index in [0.29, 0.717) is 11.5 Å². The summed E-state index contributed by atoms with van der Waals surface area (Å²) in [5.74, 6) is -0.966. The first-order chi connectivity index (χ1) is 22.0. The van der Waals surface area contributed by atoms with E-state index in [-0.39, 0.29) is 51.5 Å². The molecule has 2 aromatic carbocycles. The molecule has 1 aliphatic rings. The number of phenolic OH excluding ortho intramolecular Hbond substituents is 2. The van der Waals surface area contributed by atoms with Gasteiger partial charge >= 0.3 is 16.8 Å². The predicted molar refractivity (Wildman–Crippen MR) is 193 cm³/mol. The standard InChI is InChI=1S/C36H54N2O2.2C2H4O2.Co/c1-23(2)31-16-25(19-35(5,6)7)14-27(33(31)39)21-37-29-12-11-13-30(18-29)38-22-28-15-26(20-36(8,9)10)17-32(24(3)4)34(28)40;2*1-2(3)4;/h14-17,21-24,29-30,39-40H,11-13,18-20H2,1-10H3;2*1H3,(H,3,4);/q;;;+2/p-2. The van der Waals surface area contributed by atoms with Crippen molar-refractivity contribution in [1.29, 1.82) is 0 Å². The molecule has 49 heavy (non-hydrogen) atoms. The summed E-state index contributed by atoms with van der Waals surface area (Å²) in [7, 11) is 0. The number of phenols is 2. The monoisotopic (exact) mass is 723 g/mol. The zero-order valence-electron chi connectivity index (χ0n) is 31.8. The summed E-state index contributed by atoms with van der Waals surface area (Å²) in [6.07, 6.45) is 9.71. The van der Waals surface area contributed by atoms with Crippen LogP contribution < -0.4 is 10.2 Å². The van der Waals surface area contributed by atoms with Crippen molar-refractivity contribution in [2.75, 3.05) is 0 Å². The van der Waals surface area contributed by atoms with Gasteiger partial charge in [-0.15, -0.1) is 0 Å². The van der Waals surface area contributed by atoms with E-state index < -0.39 is 11.9 Å². The summed E-state index contributed by atoms with van der Waals surface area (Å²) in [5, 5.41) is 39.8. The van der Waals surface area contributed by atoms with E-state index in [4.69, 9.17) is 29.8 Å². The van der Waals surface area contributed by atoms with Crippen molar-refractivity contribution < 1.29 is 46.8 Å². The van der Waals surface area contributed by atoms with Crippen molar-refractivity contribution in [3.05, 3.63) is 57.6 Å². The van der Waals surface area contributed by atoms with Crippen LogP contribution in [0.4, 0.5) is 0 Å². The normalized spacial score (nSPS) is 16.5. The van der Waals surface area contributed by atoms with E-state index in [2.05, 4.69) is 93.5 Å². The summed E-state index contributed by atoms with van der Waals surface area (Å²) in [6, 6.07) is 8.88. The average molecular weight is 724 g/mol. The largest absolute Gasteiger partial charge is 2.00 e. The van der Waals surface area contributed by atoms with Crippen molar-refractivity contribution in [2.24, 2.45) is 20.8 Å². The van der Waals surface area contributed by atoms with Crippen LogP contribution in [0.1, 0.15) is 154 Å². The van der Waals surface area contributed by atoms with Crippen molar-refractivity contribution in [2.45, 2.75) is 146 Å². The van der Waals surface area contributed by atoms with Gasteiger partial charge in [-0.05, 0) is 109 Å². The molecule has 1 saturated carbocycles. The number of carbonyl (C=O) groups is 2. The van der Waals surface area contributed by atoms with Crippen molar-refractivity contribution in [3.63, 3.8) is 0 Å². The Morgan fingerprint density at radius 1 is 0.735 bits per heavy atom. The van der Waals surface area contributed by atoms with Crippen molar-refractivity contribution in [1.82, 2.24) is 0 Å². The maximum Gasteiger partial charge on any atom is 2.00 e. The van der Waals surface area contributed by atoms with Crippen LogP contribution in [0.5, 0.6) is 11.5 Å². The number of carboxylic acids is 2. The minimum absolute atomic E-state index is 0. The first kappa shape index (κ1) is 45.8. The predicted octanol–water partition coefficient (Wildman–Crippen LogP) is 6.88. The molecule has 0 amide bonds. The third kappa shape index (κ3) is 18.4. The van der Waals surface area contributed by atoms with Gasteiger partial charge < -0.3 is 30.0 Å². The van der Waals surface area contributed by atoms with Crippen LogP contribution in [-0.4, -0.2) is 46.7 Å². The maximum absolute atomic E-state index is 11.0. The fourth-order valence-electron chi connectivity index (χ4n) is 5.78. The summed E-state index contributed by atoms with van der Waals surface area (Å²) in [4.78, 5) is 27.7. The number of carboxylic acid groups (broad SMARTS) is 2. The van der Waals surface area contributed by atoms with E-state index in [0.717, 1.165) is 74.6 Å². The zero-order valence-corrected chi connectivity index (χ0v) is 32.8. The van der Waals surface area contributed by atoms with Gasteiger partial charge in [0, 0.05) is 35.5 Å².